The van der Waals surface area contributed by atoms with Gasteiger partial charge >= 0.3 is 0 Å². The summed E-state index contributed by atoms with van der Waals surface area (Å²) in [5.41, 5.74) is 2.88. The summed E-state index contributed by atoms with van der Waals surface area (Å²) in [5.74, 6) is 0.00271. The second-order valence-electron chi connectivity index (χ2n) is 7.94. The van der Waals surface area contributed by atoms with Crippen molar-refractivity contribution in [2.24, 2.45) is 0 Å². The zero-order chi connectivity index (χ0) is 21.8. The van der Waals surface area contributed by atoms with E-state index in [-0.39, 0.29) is 23.5 Å². The van der Waals surface area contributed by atoms with E-state index in [1.165, 1.54) is 0 Å². The van der Waals surface area contributed by atoms with Gasteiger partial charge in [-0.05, 0) is 31.0 Å². The molecule has 3 aromatic rings. The van der Waals surface area contributed by atoms with Crippen LogP contribution in [0, 0.1) is 0 Å². The van der Waals surface area contributed by atoms with Crippen molar-refractivity contribution in [2.75, 3.05) is 18.1 Å². The Morgan fingerprint density at radius 2 is 1.77 bits per heavy atom. The third kappa shape index (κ3) is 4.71. The molecule has 0 N–H and O–H groups in total. The number of sulfone groups is 1. The number of carbonyl (C=O) groups is 1. The van der Waals surface area contributed by atoms with Crippen LogP contribution in [-0.4, -0.2) is 53.1 Å². The maximum atomic E-state index is 13.8. The van der Waals surface area contributed by atoms with Gasteiger partial charge in [-0.3, -0.25) is 4.79 Å². The minimum atomic E-state index is -3.10. The number of hydrogen-bond donors (Lipinski definition) is 0. The smallest absolute Gasteiger partial charge is 0.272 e. The maximum Gasteiger partial charge on any atom is 0.272 e. The summed E-state index contributed by atoms with van der Waals surface area (Å²) in [6.07, 6.45) is 2.24. The van der Waals surface area contributed by atoms with Crippen LogP contribution in [0.15, 0.2) is 66.7 Å². The van der Waals surface area contributed by atoms with Crippen molar-refractivity contribution in [3.05, 3.63) is 72.4 Å². The molecule has 31 heavy (non-hydrogen) atoms. The number of benzene rings is 2. The standard InChI is InChI=1S/C24H27N3O3S/c1-2-3-15-26(21-14-16-31(29,30)18-21)24(28)23-17-22(19-10-6-4-7-11-19)25-27(23)20-12-8-5-9-13-20/h4-13,17,21H,2-3,14-16,18H2,1H3. The fourth-order valence-electron chi connectivity index (χ4n) is 4.00. The van der Waals surface area contributed by atoms with Gasteiger partial charge in [-0.2, -0.15) is 5.10 Å². The van der Waals surface area contributed by atoms with E-state index in [0.717, 1.165) is 24.1 Å². The van der Waals surface area contributed by atoms with E-state index >= 15 is 0 Å². The molecule has 1 amide bonds. The van der Waals surface area contributed by atoms with Crippen LogP contribution < -0.4 is 0 Å². The van der Waals surface area contributed by atoms with Crippen molar-refractivity contribution in [3.63, 3.8) is 0 Å². The first kappa shape index (κ1) is 21.3. The molecule has 0 aliphatic carbocycles. The highest BCUT2D eigenvalue weighted by Crippen LogP contribution is 2.25. The Morgan fingerprint density at radius 1 is 1.10 bits per heavy atom. The molecule has 2 aromatic carbocycles. The number of hydrogen-bond acceptors (Lipinski definition) is 4. The molecule has 7 heteroatoms. The summed E-state index contributed by atoms with van der Waals surface area (Å²) >= 11 is 0. The molecule has 2 heterocycles. The summed E-state index contributed by atoms with van der Waals surface area (Å²) in [6, 6.07) is 20.8. The highest BCUT2D eigenvalue weighted by Gasteiger charge is 2.36. The Balaban J connectivity index is 1.76. The van der Waals surface area contributed by atoms with Crippen molar-refractivity contribution in [2.45, 2.75) is 32.2 Å². The lowest BCUT2D eigenvalue weighted by Gasteiger charge is -2.28. The fraction of sp³-hybridized carbons (Fsp3) is 0.333. The molecule has 1 aliphatic heterocycles. The predicted molar refractivity (Wildman–Crippen MR) is 122 cm³/mol. The summed E-state index contributed by atoms with van der Waals surface area (Å²) in [5, 5.41) is 4.74. The minimum absolute atomic E-state index is 0.0352. The lowest BCUT2D eigenvalue weighted by molar-refractivity contribution is 0.0685. The zero-order valence-electron chi connectivity index (χ0n) is 17.6. The van der Waals surface area contributed by atoms with E-state index in [1.807, 2.05) is 66.7 Å². The van der Waals surface area contributed by atoms with Crippen molar-refractivity contribution in [1.29, 1.82) is 0 Å². The molecule has 1 saturated heterocycles. The van der Waals surface area contributed by atoms with Gasteiger partial charge in [0.05, 0.1) is 22.9 Å². The van der Waals surface area contributed by atoms with Crippen molar-refractivity contribution < 1.29 is 13.2 Å². The van der Waals surface area contributed by atoms with Crippen LogP contribution in [0.25, 0.3) is 16.9 Å². The number of carbonyl (C=O) groups excluding carboxylic acids is 1. The van der Waals surface area contributed by atoms with E-state index in [2.05, 4.69) is 6.92 Å². The molecule has 1 atom stereocenters. The van der Waals surface area contributed by atoms with Gasteiger partial charge in [-0.25, -0.2) is 13.1 Å². The minimum Gasteiger partial charge on any atom is -0.333 e. The number of para-hydroxylation sites is 1. The van der Waals surface area contributed by atoms with Gasteiger partial charge in [0, 0.05) is 18.2 Å². The monoisotopic (exact) mass is 437 g/mol. The van der Waals surface area contributed by atoms with Crippen LogP contribution in [0.2, 0.25) is 0 Å². The van der Waals surface area contributed by atoms with E-state index in [1.54, 1.807) is 9.58 Å². The summed E-state index contributed by atoms with van der Waals surface area (Å²) in [6.45, 7) is 2.60. The average Bonchev–Trinajstić information content (AvgIpc) is 3.39. The van der Waals surface area contributed by atoms with Crippen LogP contribution in [0.5, 0.6) is 0 Å². The first-order valence-electron chi connectivity index (χ1n) is 10.7. The largest absolute Gasteiger partial charge is 0.333 e. The molecular formula is C24H27N3O3S. The lowest BCUT2D eigenvalue weighted by atomic mass is 10.1. The first-order valence-corrected chi connectivity index (χ1v) is 12.5. The van der Waals surface area contributed by atoms with Gasteiger partial charge in [0.15, 0.2) is 9.84 Å². The topological polar surface area (TPSA) is 72.3 Å². The number of aromatic nitrogens is 2. The quantitative estimate of drug-likeness (QED) is 0.561. The second-order valence-corrected chi connectivity index (χ2v) is 10.2. The Bertz CT molecular complexity index is 1140. The third-order valence-electron chi connectivity index (χ3n) is 5.66. The summed E-state index contributed by atoms with van der Waals surface area (Å²) < 4.78 is 25.9. The zero-order valence-corrected chi connectivity index (χ0v) is 18.5. The summed E-state index contributed by atoms with van der Waals surface area (Å²) in [7, 11) is -3.10. The van der Waals surface area contributed by atoms with Gasteiger partial charge in [0.1, 0.15) is 5.69 Å². The van der Waals surface area contributed by atoms with E-state index in [9.17, 15) is 13.2 Å². The molecule has 1 unspecified atom stereocenters. The van der Waals surface area contributed by atoms with E-state index in [4.69, 9.17) is 5.10 Å². The van der Waals surface area contributed by atoms with Crippen LogP contribution in [0.1, 0.15) is 36.7 Å². The highest BCUT2D eigenvalue weighted by molar-refractivity contribution is 7.91. The molecule has 4 rings (SSSR count). The van der Waals surface area contributed by atoms with Crippen molar-refractivity contribution in [3.8, 4) is 16.9 Å². The van der Waals surface area contributed by atoms with Crippen LogP contribution >= 0.6 is 0 Å². The molecule has 1 aromatic heterocycles. The average molecular weight is 438 g/mol. The third-order valence-corrected chi connectivity index (χ3v) is 7.41. The van der Waals surface area contributed by atoms with E-state index < -0.39 is 9.84 Å². The Kier molecular flexibility index (Phi) is 6.23. The number of nitrogens with zero attached hydrogens (tertiary/aromatic N) is 3. The molecule has 1 aliphatic rings. The number of unbranched alkanes of at least 4 members (excludes halogenated alkanes) is 1. The van der Waals surface area contributed by atoms with Crippen molar-refractivity contribution in [1.82, 2.24) is 14.7 Å². The number of amides is 1. The van der Waals surface area contributed by atoms with Crippen molar-refractivity contribution >= 4 is 15.7 Å². The maximum absolute atomic E-state index is 13.8. The number of rotatable bonds is 7. The van der Waals surface area contributed by atoms with Gasteiger partial charge in [0.25, 0.3) is 5.91 Å². The van der Waals surface area contributed by atoms with Crippen LogP contribution in [0.3, 0.4) is 0 Å². The molecule has 1 fully saturated rings. The summed E-state index contributed by atoms with van der Waals surface area (Å²) in [4.78, 5) is 15.5. The van der Waals surface area contributed by atoms with Gasteiger partial charge in [0.2, 0.25) is 0 Å². The molecule has 0 spiro atoms. The van der Waals surface area contributed by atoms with Crippen LogP contribution in [0.4, 0.5) is 0 Å². The van der Waals surface area contributed by atoms with Crippen LogP contribution in [-0.2, 0) is 9.84 Å². The molecule has 0 bridgehead atoms. The highest BCUT2D eigenvalue weighted by atomic mass is 32.2. The predicted octanol–water partition coefficient (Wildman–Crippen LogP) is 3.97. The Morgan fingerprint density at radius 3 is 2.39 bits per heavy atom. The Hall–Kier alpha value is -2.93. The van der Waals surface area contributed by atoms with Gasteiger partial charge < -0.3 is 4.90 Å². The molecule has 162 valence electrons. The molecular weight excluding hydrogens is 410 g/mol. The van der Waals surface area contributed by atoms with Gasteiger partial charge in [-0.1, -0.05) is 61.9 Å². The molecule has 0 saturated carbocycles. The van der Waals surface area contributed by atoms with E-state index in [0.29, 0.717) is 24.4 Å². The Labute approximate surface area is 183 Å². The normalized spacial score (nSPS) is 17.5. The molecule has 0 radical (unpaired) electrons. The van der Waals surface area contributed by atoms with Gasteiger partial charge in [-0.15, -0.1) is 0 Å². The SMILES string of the molecule is CCCCN(C(=O)c1cc(-c2ccccc2)nn1-c1ccccc1)C1CCS(=O)(=O)C1. The molecule has 6 nitrogen and oxygen atoms in total. The fourth-order valence-corrected chi connectivity index (χ4v) is 5.73. The second kappa shape index (κ2) is 9.06. The lowest BCUT2D eigenvalue weighted by Crippen LogP contribution is -2.42. The first-order chi connectivity index (χ1) is 15.0.